The highest BCUT2D eigenvalue weighted by atomic mass is 32.2. The van der Waals surface area contributed by atoms with Gasteiger partial charge in [0, 0.05) is 5.69 Å². The van der Waals surface area contributed by atoms with Gasteiger partial charge in [-0.3, -0.25) is 9.69 Å². The number of benzene rings is 2. The molecule has 0 saturated carbocycles. The highest BCUT2D eigenvalue weighted by molar-refractivity contribution is 7.89. The number of hydrogen-bond donors (Lipinski definition) is 2. The molecule has 1 aliphatic heterocycles. The van der Waals surface area contributed by atoms with Crippen molar-refractivity contribution in [2.24, 2.45) is 11.1 Å². The number of nitrogens with zero attached hydrogens (tertiary/aromatic N) is 1. The first kappa shape index (κ1) is 21.5. The minimum Gasteiger partial charge on any atom is -0.325 e. The molecule has 156 valence electrons. The lowest BCUT2D eigenvalue weighted by atomic mass is 9.90. The standard InChI is InChI=1S/C22H29N3O3S/c1-17(22(26)24-20-8-5-9-21(16-20)29(23,27)28)25-14-12-19(13-15-25)11-10-18-6-3-2-4-7-18/h2-9,16-17,19H,10-15H2,1H3,(H,24,26)(H2,23,27,28). The molecule has 0 radical (unpaired) electrons. The molecule has 1 heterocycles. The summed E-state index contributed by atoms with van der Waals surface area (Å²) in [5, 5.41) is 7.97. The van der Waals surface area contributed by atoms with Crippen LogP contribution >= 0.6 is 0 Å². The maximum Gasteiger partial charge on any atom is 0.241 e. The lowest BCUT2D eigenvalue weighted by Gasteiger charge is -2.35. The summed E-state index contributed by atoms with van der Waals surface area (Å²) < 4.78 is 23.0. The zero-order valence-corrected chi connectivity index (χ0v) is 17.6. The van der Waals surface area contributed by atoms with Gasteiger partial charge in [-0.1, -0.05) is 36.4 Å². The first-order chi connectivity index (χ1) is 13.8. The SMILES string of the molecule is CC(C(=O)Nc1cccc(S(N)(=O)=O)c1)N1CCC(CCc2ccccc2)CC1. The average molecular weight is 416 g/mol. The van der Waals surface area contributed by atoms with Gasteiger partial charge in [-0.15, -0.1) is 0 Å². The van der Waals surface area contributed by atoms with Gasteiger partial charge >= 0.3 is 0 Å². The maximum absolute atomic E-state index is 12.6. The molecule has 1 fully saturated rings. The quantitative estimate of drug-likeness (QED) is 0.727. The zero-order chi connectivity index (χ0) is 20.9. The van der Waals surface area contributed by atoms with Crippen molar-refractivity contribution in [3.8, 4) is 0 Å². The predicted octanol–water partition coefficient (Wildman–Crippen LogP) is 3.01. The second-order valence-corrected chi connectivity index (χ2v) is 9.30. The second-order valence-electron chi connectivity index (χ2n) is 7.74. The van der Waals surface area contributed by atoms with Gasteiger partial charge in [-0.25, -0.2) is 13.6 Å². The summed E-state index contributed by atoms with van der Waals surface area (Å²) in [5.41, 5.74) is 1.82. The van der Waals surface area contributed by atoms with Crippen LogP contribution in [0.5, 0.6) is 0 Å². The Kier molecular flexibility index (Phi) is 7.05. The zero-order valence-electron chi connectivity index (χ0n) is 16.8. The Labute approximate surface area is 173 Å². The summed E-state index contributed by atoms with van der Waals surface area (Å²) >= 11 is 0. The number of anilines is 1. The fraction of sp³-hybridized carbons (Fsp3) is 0.409. The van der Waals surface area contributed by atoms with E-state index in [9.17, 15) is 13.2 Å². The van der Waals surface area contributed by atoms with Gasteiger partial charge in [-0.05, 0) is 75.4 Å². The van der Waals surface area contributed by atoms with E-state index in [0.717, 1.165) is 32.4 Å². The molecule has 2 aromatic carbocycles. The number of carbonyl (C=O) groups excluding carboxylic acids is 1. The molecule has 0 aliphatic carbocycles. The monoisotopic (exact) mass is 415 g/mol. The number of nitrogens with two attached hydrogens (primary N) is 1. The van der Waals surface area contributed by atoms with E-state index < -0.39 is 10.0 Å². The van der Waals surface area contributed by atoms with Crippen LogP contribution in [0.1, 0.15) is 31.7 Å². The van der Waals surface area contributed by atoms with Crippen LogP contribution in [0.3, 0.4) is 0 Å². The van der Waals surface area contributed by atoms with Crippen LogP contribution in [-0.4, -0.2) is 38.4 Å². The number of piperidine rings is 1. The molecular weight excluding hydrogens is 386 g/mol. The molecule has 0 bridgehead atoms. The van der Waals surface area contributed by atoms with E-state index in [0.29, 0.717) is 11.6 Å². The normalized spacial score (nSPS) is 17.0. The smallest absolute Gasteiger partial charge is 0.241 e. The van der Waals surface area contributed by atoms with E-state index in [-0.39, 0.29) is 16.8 Å². The number of sulfonamides is 1. The molecular formula is C22H29N3O3S. The van der Waals surface area contributed by atoms with Crippen molar-refractivity contribution in [3.63, 3.8) is 0 Å². The highest BCUT2D eigenvalue weighted by Gasteiger charge is 2.26. The predicted molar refractivity (Wildman–Crippen MR) is 115 cm³/mol. The van der Waals surface area contributed by atoms with Crippen LogP contribution in [0.25, 0.3) is 0 Å². The summed E-state index contributed by atoms with van der Waals surface area (Å²) in [6.45, 7) is 3.68. The molecule has 1 amide bonds. The number of rotatable bonds is 7. The highest BCUT2D eigenvalue weighted by Crippen LogP contribution is 2.24. The Morgan fingerprint density at radius 2 is 1.83 bits per heavy atom. The van der Waals surface area contributed by atoms with Crippen molar-refractivity contribution < 1.29 is 13.2 Å². The van der Waals surface area contributed by atoms with Gasteiger partial charge in [-0.2, -0.15) is 0 Å². The summed E-state index contributed by atoms with van der Waals surface area (Å²) in [6.07, 6.45) is 4.46. The van der Waals surface area contributed by atoms with E-state index in [1.165, 1.54) is 24.1 Å². The number of likely N-dealkylation sites (tertiary alicyclic amines) is 1. The molecule has 1 saturated heterocycles. The fourth-order valence-electron chi connectivity index (χ4n) is 3.81. The van der Waals surface area contributed by atoms with Gasteiger partial charge in [0.2, 0.25) is 15.9 Å². The van der Waals surface area contributed by atoms with Crippen molar-refractivity contribution in [2.75, 3.05) is 18.4 Å². The average Bonchev–Trinajstić information content (AvgIpc) is 2.72. The Morgan fingerprint density at radius 3 is 2.48 bits per heavy atom. The minimum atomic E-state index is -3.80. The topological polar surface area (TPSA) is 92.5 Å². The summed E-state index contributed by atoms with van der Waals surface area (Å²) in [5.74, 6) is 0.549. The second kappa shape index (κ2) is 9.52. The summed E-state index contributed by atoms with van der Waals surface area (Å²) in [4.78, 5) is 14.8. The number of nitrogens with one attached hydrogen (secondary N) is 1. The first-order valence-corrected chi connectivity index (χ1v) is 11.6. The molecule has 2 aromatic rings. The maximum atomic E-state index is 12.6. The molecule has 6 nitrogen and oxygen atoms in total. The number of amides is 1. The van der Waals surface area contributed by atoms with Crippen LogP contribution in [0.2, 0.25) is 0 Å². The minimum absolute atomic E-state index is 0.0119. The lowest BCUT2D eigenvalue weighted by Crippen LogP contribution is -2.46. The number of hydrogen-bond acceptors (Lipinski definition) is 4. The molecule has 1 atom stereocenters. The summed E-state index contributed by atoms with van der Waals surface area (Å²) in [6, 6.07) is 16.3. The van der Waals surface area contributed by atoms with Crippen LogP contribution in [0.15, 0.2) is 59.5 Å². The lowest BCUT2D eigenvalue weighted by molar-refractivity contribution is -0.121. The van der Waals surface area contributed by atoms with E-state index in [4.69, 9.17) is 5.14 Å². The van der Waals surface area contributed by atoms with Gasteiger partial charge in [0.15, 0.2) is 0 Å². The molecule has 3 rings (SSSR count). The Hall–Kier alpha value is -2.22. The molecule has 29 heavy (non-hydrogen) atoms. The fourth-order valence-corrected chi connectivity index (χ4v) is 4.37. The van der Waals surface area contributed by atoms with Crippen molar-refractivity contribution in [1.82, 2.24) is 4.90 Å². The summed E-state index contributed by atoms with van der Waals surface area (Å²) in [7, 11) is -3.80. The number of carbonyl (C=O) groups is 1. The third kappa shape index (κ3) is 6.13. The Bertz CT molecular complexity index is 923. The molecule has 1 aliphatic rings. The number of primary sulfonamides is 1. The van der Waals surface area contributed by atoms with Crippen molar-refractivity contribution in [3.05, 3.63) is 60.2 Å². The van der Waals surface area contributed by atoms with Crippen molar-refractivity contribution in [1.29, 1.82) is 0 Å². The van der Waals surface area contributed by atoms with Crippen LogP contribution < -0.4 is 10.5 Å². The van der Waals surface area contributed by atoms with E-state index >= 15 is 0 Å². The number of aryl methyl sites for hydroxylation is 1. The van der Waals surface area contributed by atoms with Gasteiger partial charge in [0.1, 0.15) is 0 Å². The third-order valence-electron chi connectivity index (χ3n) is 5.69. The van der Waals surface area contributed by atoms with Crippen molar-refractivity contribution in [2.45, 2.75) is 43.5 Å². The van der Waals surface area contributed by atoms with Gasteiger partial charge in [0.25, 0.3) is 0 Å². The van der Waals surface area contributed by atoms with Gasteiger partial charge < -0.3 is 5.32 Å². The molecule has 1 unspecified atom stereocenters. The van der Waals surface area contributed by atoms with Crippen molar-refractivity contribution >= 4 is 21.6 Å². The molecule has 0 aromatic heterocycles. The van der Waals surface area contributed by atoms with E-state index in [2.05, 4.69) is 34.5 Å². The van der Waals surface area contributed by atoms with Crippen LogP contribution in [0, 0.1) is 5.92 Å². The van der Waals surface area contributed by atoms with Crippen LogP contribution in [-0.2, 0) is 21.2 Å². The molecule has 7 heteroatoms. The van der Waals surface area contributed by atoms with E-state index in [1.807, 2.05) is 13.0 Å². The first-order valence-electron chi connectivity index (χ1n) is 10.0. The molecule has 3 N–H and O–H groups in total. The Balaban J connectivity index is 1.48. The molecule has 0 spiro atoms. The van der Waals surface area contributed by atoms with E-state index in [1.54, 1.807) is 12.1 Å². The largest absolute Gasteiger partial charge is 0.325 e. The Morgan fingerprint density at radius 1 is 1.14 bits per heavy atom. The van der Waals surface area contributed by atoms with Crippen LogP contribution in [0.4, 0.5) is 5.69 Å². The van der Waals surface area contributed by atoms with Gasteiger partial charge in [0.05, 0.1) is 10.9 Å². The third-order valence-corrected chi connectivity index (χ3v) is 6.60.